The Hall–Kier alpha value is -6.30. The van der Waals surface area contributed by atoms with Crippen LogP contribution in [0, 0.1) is 0 Å². The second-order valence-corrected chi connectivity index (χ2v) is 13.7. The highest BCUT2D eigenvalue weighted by molar-refractivity contribution is 7.26. The van der Waals surface area contributed by atoms with Crippen LogP contribution in [0.15, 0.2) is 158 Å². The molecule has 11 aromatic rings. The Labute approximate surface area is 284 Å². The second-order valence-electron chi connectivity index (χ2n) is 12.6. The summed E-state index contributed by atoms with van der Waals surface area (Å²) in [4.78, 5) is 10.8. The molecule has 0 aliphatic rings. The van der Waals surface area contributed by atoms with E-state index in [1.165, 1.54) is 42.5 Å². The van der Waals surface area contributed by atoms with Crippen molar-refractivity contribution in [2.75, 3.05) is 0 Å². The number of thiophene rings is 1. The Morgan fingerprint density at radius 3 is 1.84 bits per heavy atom. The van der Waals surface area contributed by atoms with E-state index in [2.05, 4.69) is 167 Å². The predicted octanol–water partition coefficient (Wildman–Crippen LogP) is 11.9. The summed E-state index contributed by atoms with van der Waals surface area (Å²) in [5.41, 5.74) is 7.74. The van der Waals surface area contributed by atoms with E-state index in [1.54, 1.807) is 11.3 Å². The molecule has 0 fully saturated rings. The molecule has 0 radical (unpaired) electrons. The van der Waals surface area contributed by atoms with Crippen LogP contribution in [0.1, 0.15) is 0 Å². The smallest absolute Gasteiger partial charge is 0.162 e. The standard InChI is InChI=1S/C44H26N4S/c1-2-14-30(15-3-1)47-36-19-9-6-16-31(36)34-25-29(22-23-38(34)47)43-45-41-33-18-8-11-21-40(33)49-42(41)44(46-43)48-37-20-10-7-17-32(37)35-24-27-12-4-5-13-28(27)26-39(35)48/h1-26H. The van der Waals surface area contributed by atoms with E-state index in [0.29, 0.717) is 0 Å². The van der Waals surface area contributed by atoms with Crippen LogP contribution < -0.4 is 0 Å². The van der Waals surface area contributed by atoms with Crippen LogP contribution in [0.4, 0.5) is 0 Å². The first-order chi connectivity index (χ1) is 24.3. The van der Waals surface area contributed by atoms with Gasteiger partial charge in [-0.05, 0) is 71.4 Å². The molecule has 0 spiro atoms. The largest absolute Gasteiger partial charge is 0.309 e. The topological polar surface area (TPSA) is 35.6 Å². The van der Waals surface area contributed by atoms with E-state index in [4.69, 9.17) is 9.97 Å². The van der Waals surface area contributed by atoms with Gasteiger partial charge in [-0.1, -0.05) is 97.1 Å². The molecule has 4 aromatic heterocycles. The zero-order valence-electron chi connectivity index (χ0n) is 26.2. The third-order valence-corrected chi connectivity index (χ3v) is 11.1. The van der Waals surface area contributed by atoms with E-state index in [1.807, 2.05) is 0 Å². The van der Waals surface area contributed by atoms with Gasteiger partial charge in [0, 0.05) is 42.9 Å². The van der Waals surface area contributed by atoms with Crippen molar-refractivity contribution in [3.63, 3.8) is 0 Å². The molecular weight excluding hydrogens is 617 g/mol. The Morgan fingerprint density at radius 2 is 1.04 bits per heavy atom. The van der Waals surface area contributed by atoms with Crippen LogP contribution in [-0.4, -0.2) is 19.1 Å². The first kappa shape index (κ1) is 26.7. The lowest BCUT2D eigenvalue weighted by atomic mass is 10.1. The zero-order valence-corrected chi connectivity index (χ0v) is 27.0. The van der Waals surface area contributed by atoms with Gasteiger partial charge in [-0.2, -0.15) is 0 Å². The van der Waals surface area contributed by atoms with Crippen LogP contribution in [0.5, 0.6) is 0 Å². The van der Waals surface area contributed by atoms with Gasteiger partial charge in [0.1, 0.15) is 0 Å². The van der Waals surface area contributed by atoms with Gasteiger partial charge in [-0.15, -0.1) is 11.3 Å². The zero-order chi connectivity index (χ0) is 32.1. The third kappa shape index (κ3) is 3.85. The van der Waals surface area contributed by atoms with E-state index in [-0.39, 0.29) is 0 Å². The lowest BCUT2D eigenvalue weighted by molar-refractivity contribution is 1.08. The highest BCUT2D eigenvalue weighted by atomic mass is 32.1. The van der Waals surface area contributed by atoms with E-state index >= 15 is 0 Å². The second kappa shape index (κ2) is 10.1. The normalized spacial score (nSPS) is 12.1. The maximum absolute atomic E-state index is 5.50. The minimum absolute atomic E-state index is 0.719. The molecule has 11 rings (SSSR count). The number of fused-ring (bicyclic) bond motifs is 10. The van der Waals surface area contributed by atoms with Crippen molar-refractivity contribution >= 4 is 86.0 Å². The van der Waals surface area contributed by atoms with Crippen LogP contribution in [0.2, 0.25) is 0 Å². The third-order valence-electron chi connectivity index (χ3n) is 9.90. The highest BCUT2D eigenvalue weighted by Crippen LogP contribution is 2.42. The van der Waals surface area contributed by atoms with Crippen LogP contribution in [0.25, 0.3) is 97.6 Å². The molecule has 0 saturated heterocycles. The van der Waals surface area contributed by atoms with Gasteiger partial charge >= 0.3 is 0 Å². The fourth-order valence-corrected chi connectivity index (χ4v) is 8.83. The average molecular weight is 643 g/mol. The highest BCUT2D eigenvalue weighted by Gasteiger charge is 2.22. The van der Waals surface area contributed by atoms with Crippen molar-refractivity contribution in [3.05, 3.63) is 158 Å². The van der Waals surface area contributed by atoms with Crippen LogP contribution in [0.3, 0.4) is 0 Å². The number of aromatic nitrogens is 4. The minimum Gasteiger partial charge on any atom is -0.309 e. The molecule has 0 saturated carbocycles. The predicted molar refractivity (Wildman–Crippen MR) is 207 cm³/mol. The van der Waals surface area contributed by atoms with Crippen LogP contribution in [-0.2, 0) is 0 Å². The van der Waals surface area contributed by atoms with Crippen LogP contribution >= 0.6 is 11.3 Å². The first-order valence-corrected chi connectivity index (χ1v) is 17.3. The van der Waals surface area contributed by atoms with Crippen molar-refractivity contribution in [2.24, 2.45) is 0 Å². The maximum Gasteiger partial charge on any atom is 0.162 e. The maximum atomic E-state index is 5.50. The van der Waals surface area contributed by atoms with Gasteiger partial charge in [0.2, 0.25) is 0 Å². The quantitative estimate of drug-likeness (QED) is 0.192. The summed E-state index contributed by atoms with van der Waals surface area (Å²) in [5.74, 6) is 1.63. The number of rotatable bonds is 3. The van der Waals surface area contributed by atoms with Gasteiger partial charge in [0.15, 0.2) is 11.6 Å². The van der Waals surface area contributed by atoms with Gasteiger partial charge in [0.05, 0.1) is 32.3 Å². The Morgan fingerprint density at radius 1 is 0.429 bits per heavy atom. The molecule has 0 N–H and O–H groups in total. The molecular formula is C44H26N4S. The number of hydrogen-bond donors (Lipinski definition) is 0. The van der Waals surface area contributed by atoms with Crippen molar-refractivity contribution in [1.82, 2.24) is 19.1 Å². The van der Waals surface area contributed by atoms with Gasteiger partial charge in [0.25, 0.3) is 0 Å². The molecule has 0 bridgehead atoms. The molecule has 0 unspecified atom stereocenters. The molecule has 4 heterocycles. The summed E-state index contributed by atoms with van der Waals surface area (Å²) in [6, 6.07) is 56.4. The van der Waals surface area contributed by atoms with Crippen molar-refractivity contribution in [2.45, 2.75) is 0 Å². The molecule has 0 amide bonds. The summed E-state index contributed by atoms with van der Waals surface area (Å²) in [6.45, 7) is 0. The van der Waals surface area contributed by atoms with Crippen molar-refractivity contribution < 1.29 is 0 Å². The molecule has 5 heteroatoms. The van der Waals surface area contributed by atoms with E-state index < -0.39 is 0 Å². The fourth-order valence-electron chi connectivity index (χ4n) is 7.71. The molecule has 228 valence electrons. The van der Waals surface area contributed by atoms with Gasteiger partial charge in [-0.25, -0.2) is 9.97 Å². The lowest BCUT2D eigenvalue weighted by Gasteiger charge is -2.11. The summed E-state index contributed by atoms with van der Waals surface area (Å²) < 4.78 is 7.00. The number of nitrogens with zero attached hydrogens (tertiary/aromatic N) is 4. The summed E-state index contributed by atoms with van der Waals surface area (Å²) in [7, 11) is 0. The summed E-state index contributed by atoms with van der Waals surface area (Å²) >= 11 is 1.77. The van der Waals surface area contributed by atoms with E-state index in [9.17, 15) is 0 Å². The summed E-state index contributed by atoms with van der Waals surface area (Å²) in [6.07, 6.45) is 0. The first-order valence-electron chi connectivity index (χ1n) is 16.5. The van der Waals surface area contributed by atoms with Gasteiger partial charge < -0.3 is 4.57 Å². The Balaban J connectivity index is 1.24. The molecule has 49 heavy (non-hydrogen) atoms. The Kier molecular flexibility index (Phi) is 5.51. The van der Waals surface area contributed by atoms with E-state index in [0.717, 1.165) is 55.0 Å². The monoisotopic (exact) mass is 642 g/mol. The molecule has 0 atom stereocenters. The Bertz CT molecular complexity index is 3110. The number of para-hydroxylation sites is 3. The molecule has 0 aliphatic heterocycles. The lowest BCUT2D eigenvalue weighted by Crippen LogP contribution is -2.01. The average Bonchev–Trinajstić information content (AvgIpc) is 3.81. The number of benzene rings is 7. The molecule has 0 aliphatic carbocycles. The summed E-state index contributed by atoms with van der Waals surface area (Å²) in [5, 5.41) is 8.42. The number of hydrogen-bond acceptors (Lipinski definition) is 3. The SMILES string of the molecule is c1ccc(-n2c3ccccc3c3cc(-c4nc(-n5c6ccccc6c6cc7ccccc7cc65)c5sc6ccccc6c5n4)ccc32)cc1. The van der Waals surface area contributed by atoms with Gasteiger partial charge in [-0.3, -0.25) is 4.57 Å². The van der Waals surface area contributed by atoms with Crippen molar-refractivity contribution in [3.8, 4) is 22.9 Å². The fraction of sp³-hybridized carbons (Fsp3) is 0. The van der Waals surface area contributed by atoms with Crippen molar-refractivity contribution in [1.29, 1.82) is 0 Å². The molecule has 4 nitrogen and oxygen atoms in total. The minimum atomic E-state index is 0.719. The molecule has 7 aromatic carbocycles.